The molecule has 0 saturated carbocycles. The smallest absolute Gasteiger partial charge is 0.268 e. The van der Waals surface area contributed by atoms with Crippen LogP contribution in [0.1, 0.15) is 18.3 Å². The van der Waals surface area contributed by atoms with Gasteiger partial charge in [0, 0.05) is 0 Å². The first kappa shape index (κ1) is 12.9. The minimum absolute atomic E-state index is 0.107. The number of benzene rings is 1. The van der Waals surface area contributed by atoms with E-state index < -0.39 is 0 Å². The van der Waals surface area contributed by atoms with E-state index in [9.17, 15) is 4.79 Å². The van der Waals surface area contributed by atoms with E-state index in [1.165, 1.54) is 16.9 Å². The molecule has 0 fully saturated rings. The van der Waals surface area contributed by atoms with Crippen molar-refractivity contribution in [3.8, 4) is 5.75 Å². The summed E-state index contributed by atoms with van der Waals surface area (Å²) in [5, 5.41) is 1.86. The van der Waals surface area contributed by atoms with Gasteiger partial charge >= 0.3 is 0 Å². The molecule has 20 heavy (non-hydrogen) atoms. The molecule has 4 nitrogen and oxygen atoms in total. The van der Waals surface area contributed by atoms with Gasteiger partial charge in [-0.3, -0.25) is 4.79 Å². The second kappa shape index (κ2) is 5.46. The topological polar surface area (TPSA) is 55.0 Å². The van der Waals surface area contributed by atoms with Crippen LogP contribution in [0.15, 0.2) is 40.5 Å². The first-order chi connectivity index (χ1) is 9.76. The van der Waals surface area contributed by atoms with E-state index >= 15 is 0 Å². The highest BCUT2D eigenvalue weighted by atomic mass is 32.1. The third-order valence-electron chi connectivity index (χ3n) is 3.07. The standard InChI is InChI=1S/C15H14N2O2S/c1-2-10-3-5-11(6-4-10)19-9-13-16-12-7-8-20-14(12)15(18)17-13/h3-8H,2,9H2,1H3,(H,16,17,18). The van der Waals surface area contributed by atoms with E-state index in [4.69, 9.17) is 4.74 Å². The van der Waals surface area contributed by atoms with Crippen molar-refractivity contribution in [2.75, 3.05) is 0 Å². The number of ether oxygens (including phenoxy) is 1. The van der Waals surface area contributed by atoms with Crippen LogP contribution in [-0.2, 0) is 13.0 Å². The fraction of sp³-hybridized carbons (Fsp3) is 0.200. The number of nitrogens with one attached hydrogen (secondary N) is 1. The highest BCUT2D eigenvalue weighted by Gasteiger charge is 2.05. The molecule has 0 aliphatic carbocycles. The monoisotopic (exact) mass is 286 g/mol. The third-order valence-corrected chi connectivity index (χ3v) is 3.97. The zero-order valence-corrected chi connectivity index (χ0v) is 11.9. The number of H-pyrrole nitrogens is 1. The minimum Gasteiger partial charge on any atom is -0.486 e. The largest absolute Gasteiger partial charge is 0.486 e. The van der Waals surface area contributed by atoms with Gasteiger partial charge in [-0.15, -0.1) is 11.3 Å². The summed E-state index contributed by atoms with van der Waals surface area (Å²) in [4.78, 5) is 18.9. The summed E-state index contributed by atoms with van der Waals surface area (Å²) in [5.74, 6) is 1.32. The second-order valence-corrected chi connectivity index (χ2v) is 5.35. The van der Waals surface area contributed by atoms with Gasteiger partial charge in [-0.25, -0.2) is 4.98 Å². The molecule has 0 amide bonds. The Morgan fingerprint density at radius 1 is 1.25 bits per heavy atom. The summed E-state index contributed by atoms with van der Waals surface area (Å²) in [6, 6.07) is 9.77. The van der Waals surface area contributed by atoms with E-state index in [0.717, 1.165) is 17.7 Å². The van der Waals surface area contributed by atoms with Crippen LogP contribution >= 0.6 is 11.3 Å². The van der Waals surface area contributed by atoms with E-state index in [1.54, 1.807) is 0 Å². The van der Waals surface area contributed by atoms with E-state index in [1.807, 2.05) is 35.7 Å². The number of aryl methyl sites for hydroxylation is 1. The van der Waals surface area contributed by atoms with Gasteiger partial charge in [0.25, 0.3) is 5.56 Å². The Labute approximate surface area is 120 Å². The average molecular weight is 286 g/mol. The maximum Gasteiger partial charge on any atom is 0.268 e. The summed E-state index contributed by atoms with van der Waals surface area (Å²) in [5.41, 5.74) is 1.88. The van der Waals surface area contributed by atoms with Gasteiger partial charge in [0.2, 0.25) is 0 Å². The summed E-state index contributed by atoms with van der Waals surface area (Å²) >= 11 is 1.39. The lowest BCUT2D eigenvalue weighted by Crippen LogP contribution is -2.12. The molecule has 0 unspecified atom stereocenters. The molecule has 0 bridgehead atoms. The molecule has 0 saturated heterocycles. The van der Waals surface area contributed by atoms with Crippen LogP contribution in [0.2, 0.25) is 0 Å². The Kier molecular flexibility index (Phi) is 3.52. The van der Waals surface area contributed by atoms with Crippen molar-refractivity contribution in [1.82, 2.24) is 9.97 Å². The number of nitrogens with zero attached hydrogens (tertiary/aromatic N) is 1. The van der Waals surface area contributed by atoms with Crippen LogP contribution in [0.25, 0.3) is 10.2 Å². The van der Waals surface area contributed by atoms with Crippen molar-refractivity contribution in [2.24, 2.45) is 0 Å². The molecule has 0 radical (unpaired) electrons. The van der Waals surface area contributed by atoms with Crippen molar-refractivity contribution in [3.05, 3.63) is 57.5 Å². The van der Waals surface area contributed by atoms with Crippen molar-refractivity contribution in [2.45, 2.75) is 20.0 Å². The zero-order chi connectivity index (χ0) is 13.9. The van der Waals surface area contributed by atoms with Crippen molar-refractivity contribution < 1.29 is 4.74 Å². The molecule has 0 atom stereocenters. The van der Waals surface area contributed by atoms with Gasteiger partial charge in [0.1, 0.15) is 22.9 Å². The molecule has 1 aromatic carbocycles. The number of aromatic amines is 1. The van der Waals surface area contributed by atoms with Gasteiger partial charge in [-0.2, -0.15) is 0 Å². The predicted molar refractivity (Wildman–Crippen MR) is 80.4 cm³/mol. The lowest BCUT2D eigenvalue weighted by atomic mass is 10.2. The lowest BCUT2D eigenvalue weighted by Gasteiger charge is -2.06. The maximum atomic E-state index is 11.8. The SMILES string of the molecule is CCc1ccc(OCc2nc3ccsc3c(=O)[nH]2)cc1. The fourth-order valence-corrected chi connectivity index (χ4v) is 2.69. The fourth-order valence-electron chi connectivity index (χ4n) is 1.96. The summed E-state index contributed by atoms with van der Waals surface area (Å²) in [6.07, 6.45) is 1.00. The van der Waals surface area contributed by atoms with Crippen LogP contribution < -0.4 is 10.3 Å². The molecule has 3 aromatic rings. The summed E-state index contributed by atoms with van der Waals surface area (Å²) < 4.78 is 6.30. The van der Waals surface area contributed by atoms with Crippen LogP contribution in [0, 0.1) is 0 Å². The molecule has 2 aromatic heterocycles. The molecule has 3 rings (SSSR count). The minimum atomic E-state index is -0.107. The molecule has 0 aliphatic rings. The van der Waals surface area contributed by atoms with Crippen LogP contribution in [-0.4, -0.2) is 9.97 Å². The van der Waals surface area contributed by atoms with Crippen molar-refractivity contribution >= 4 is 21.6 Å². The van der Waals surface area contributed by atoms with Gasteiger partial charge in [0.05, 0.1) is 5.52 Å². The molecule has 5 heteroatoms. The Bertz CT molecular complexity index is 774. The molecular formula is C15H14N2O2S. The Morgan fingerprint density at radius 3 is 2.80 bits per heavy atom. The number of aromatic nitrogens is 2. The molecule has 102 valence electrons. The Hall–Kier alpha value is -2.14. The Balaban J connectivity index is 1.77. The number of rotatable bonds is 4. The molecular weight excluding hydrogens is 272 g/mol. The highest BCUT2D eigenvalue weighted by Crippen LogP contribution is 2.16. The highest BCUT2D eigenvalue weighted by molar-refractivity contribution is 7.17. The number of hydrogen-bond acceptors (Lipinski definition) is 4. The maximum absolute atomic E-state index is 11.8. The van der Waals surface area contributed by atoms with Crippen LogP contribution in [0.4, 0.5) is 0 Å². The molecule has 1 N–H and O–H groups in total. The van der Waals surface area contributed by atoms with E-state index in [-0.39, 0.29) is 12.2 Å². The van der Waals surface area contributed by atoms with Crippen LogP contribution in [0.5, 0.6) is 5.75 Å². The first-order valence-corrected chi connectivity index (χ1v) is 7.32. The van der Waals surface area contributed by atoms with Crippen LogP contribution in [0.3, 0.4) is 0 Å². The predicted octanol–water partition coefficient (Wildman–Crippen LogP) is 3.13. The number of fused-ring (bicyclic) bond motifs is 1. The number of hydrogen-bond donors (Lipinski definition) is 1. The second-order valence-electron chi connectivity index (χ2n) is 4.43. The number of thiophene rings is 1. The normalized spacial score (nSPS) is 10.8. The van der Waals surface area contributed by atoms with Crippen molar-refractivity contribution in [1.29, 1.82) is 0 Å². The van der Waals surface area contributed by atoms with Gasteiger partial charge in [-0.05, 0) is 35.6 Å². The van der Waals surface area contributed by atoms with E-state index in [2.05, 4.69) is 16.9 Å². The Morgan fingerprint density at radius 2 is 2.05 bits per heavy atom. The lowest BCUT2D eigenvalue weighted by molar-refractivity contribution is 0.296. The average Bonchev–Trinajstić information content (AvgIpc) is 2.94. The van der Waals surface area contributed by atoms with E-state index in [0.29, 0.717) is 10.5 Å². The van der Waals surface area contributed by atoms with Gasteiger partial charge in [0.15, 0.2) is 0 Å². The third kappa shape index (κ3) is 2.58. The van der Waals surface area contributed by atoms with Gasteiger partial charge in [-0.1, -0.05) is 19.1 Å². The molecule has 0 spiro atoms. The molecule has 0 aliphatic heterocycles. The summed E-state index contributed by atoms with van der Waals surface area (Å²) in [7, 11) is 0. The summed E-state index contributed by atoms with van der Waals surface area (Å²) in [6.45, 7) is 2.37. The van der Waals surface area contributed by atoms with Gasteiger partial charge < -0.3 is 9.72 Å². The quantitative estimate of drug-likeness (QED) is 0.801. The first-order valence-electron chi connectivity index (χ1n) is 6.44. The van der Waals surface area contributed by atoms with Crippen molar-refractivity contribution in [3.63, 3.8) is 0 Å². The zero-order valence-electron chi connectivity index (χ0n) is 11.1. The molecule has 2 heterocycles.